The van der Waals surface area contributed by atoms with E-state index in [0.29, 0.717) is 23.4 Å². The van der Waals surface area contributed by atoms with Crippen LogP contribution in [0.4, 0.5) is 4.79 Å². The molecule has 3 rings (SSSR count). The SMILES string of the molecule is COC(=O)c1cc(C#CCNC(=O)OC(C)(C)C)c2cccc(OCc3ccccc3)c2n1. The maximum absolute atomic E-state index is 12.2. The van der Waals surface area contributed by atoms with Crippen LogP contribution in [0.5, 0.6) is 5.75 Å². The summed E-state index contributed by atoms with van der Waals surface area (Å²) < 4.78 is 16.0. The molecule has 0 saturated heterocycles. The van der Waals surface area contributed by atoms with Gasteiger partial charge in [-0.15, -0.1) is 0 Å². The van der Waals surface area contributed by atoms with Crippen LogP contribution < -0.4 is 10.1 Å². The van der Waals surface area contributed by atoms with Crippen molar-refractivity contribution >= 4 is 23.0 Å². The summed E-state index contributed by atoms with van der Waals surface area (Å²) in [7, 11) is 1.29. The summed E-state index contributed by atoms with van der Waals surface area (Å²) in [5.41, 5.74) is 1.60. The summed E-state index contributed by atoms with van der Waals surface area (Å²) in [6.45, 7) is 5.79. The lowest BCUT2D eigenvalue weighted by atomic mass is 10.1. The Hall–Kier alpha value is -4.05. The Bertz CT molecular complexity index is 1200. The standard InChI is InChI=1S/C26H26N2O5/c1-26(2,3)33-25(30)27-15-9-12-19-16-21(24(29)31-4)28-23-20(19)13-8-14-22(23)32-17-18-10-6-5-7-11-18/h5-8,10-11,13-14,16H,15,17H2,1-4H3,(H,27,30). The predicted molar refractivity (Wildman–Crippen MR) is 125 cm³/mol. The Morgan fingerprint density at radius 2 is 1.82 bits per heavy atom. The third-order valence-corrected chi connectivity index (χ3v) is 4.38. The second-order valence-electron chi connectivity index (χ2n) is 8.13. The first kappa shape index (κ1) is 23.6. The fourth-order valence-electron chi connectivity index (χ4n) is 2.96. The van der Waals surface area contributed by atoms with E-state index in [-0.39, 0.29) is 12.2 Å². The number of hydrogen-bond acceptors (Lipinski definition) is 6. The Labute approximate surface area is 193 Å². The van der Waals surface area contributed by atoms with Gasteiger partial charge in [0.2, 0.25) is 0 Å². The number of amides is 1. The van der Waals surface area contributed by atoms with E-state index in [1.165, 1.54) is 7.11 Å². The number of aromatic nitrogens is 1. The summed E-state index contributed by atoms with van der Waals surface area (Å²) in [4.78, 5) is 28.5. The van der Waals surface area contributed by atoms with Crippen molar-refractivity contribution in [3.8, 4) is 17.6 Å². The zero-order chi connectivity index (χ0) is 23.8. The van der Waals surface area contributed by atoms with Crippen LogP contribution >= 0.6 is 0 Å². The van der Waals surface area contributed by atoms with Gasteiger partial charge in [-0.05, 0) is 38.5 Å². The Kier molecular flexibility index (Phi) is 7.52. The van der Waals surface area contributed by atoms with Crippen molar-refractivity contribution in [3.63, 3.8) is 0 Å². The molecule has 1 heterocycles. The first-order chi connectivity index (χ1) is 15.8. The molecule has 1 N–H and O–H groups in total. The molecule has 0 aliphatic carbocycles. The van der Waals surface area contributed by atoms with E-state index in [1.807, 2.05) is 42.5 Å². The van der Waals surface area contributed by atoms with Crippen LogP contribution in [-0.2, 0) is 16.1 Å². The molecule has 170 valence electrons. The normalized spacial score (nSPS) is 10.7. The van der Waals surface area contributed by atoms with E-state index in [0.717, 1.165) is 10.9 Å². The molecule has 7 heteroatoms. The van der Waals surface area contributed by atoms with Crippen molar-refractivity contribution in [2.24, 2.45) is 0 Å². The number of alkyl carbamates (subject to hydrolysis) is 1. The predicted octanol–water partition coefficient (Wildman–Crippen LogP) is 4.48. The Morgan fingerprint density at radius 1 is 1.06 bits per heavy atom. The summed E-state index contributed by atoms with van der Waals surface area (Å²) in [6.07, 6.45) is -0.553. The number of carbonyl (C=O) groups excluding carboxylic acids is 2. The molecule has 0 atom stereocenters. The molecule has 0 radical (unpaired) electrons. The minimum Gasteiger partial charge on any atom is -0.487 e. The molecule has 0 saturated carbocycles. The lowest BCUT2D eigenvalue weighted by Crippen LogP contribution is -2.32. The lowest BCUT2D eigenvalue weighted by Gasteiger charge is -2.19. The highest BCUT2D eigenvalue weighted by molar-refractivity contribution is 5.96. The molecule has 0 aliphatic rings. The van der Waals surface area contributed by atoms with Gasteiger partial charge in [-0.2, -0.15) is 0 Å². The van der Waals surface area contributed by atoms with E-state index >= 15 is 0 Å². The van der Waals surface area contributed by atoms with Crippen LogP contribution in [0.2, 0.25) is 0 Å². The number of hydrogen-bond donors (Lipinski definition) is 1. The molecule has 1 amide bonds. The zero-order valence-electron chi connectivity index (χ0n) is 19.1. The van der Waals surface area contributed by atoms with Crippen molar-refractivity contribution in [1.82, 2.24) is 10.3 Å². The molecule has 7 nitrogen and oxygen atoms in total. The molecule has 2 aromatic carbocycles. The van der Waals surface area contributed by atoms with Crippen molar-refractivity contribution < 1.29 is 23.8 Å². The smallest absolute Gasteiger partial charge is 0.408 e. The van der Waals surface area contributed by atoms with Gasteiger partial charge >= 0.3 is 12.1 Å². The van der Waals surface area contributed by atoms with Gasteiger partial charge in [0.25, 0.3) is 0 Å². The highest BCUT2D eigenvalue weighted by Gasteiger charge is 2.16. The highest BCUT2D eigenvalue weighted by Crippen LogP contribution is 2.28. The number of benzene rings is 2. The third-order valence-electron chi connectivity index (χ3n) is 4.38. The third kappa shape index (κ3) is 6.71. The number of nitrogens with zero attached hydrogens (tertiary/aromatic N) is 1. The quantitative estimate of drug-likeness (QED) is 0.459. The number of fused-ring (bicyclic) bond motifs is 1. The average Bonchev–Trinajstić information content (AvgIpc) is 2.79. The fourth-order valence-corrected chi connectivity index (χ4v) is 2.96. The largest absolute Gasteiger partial charge is 0.487 e. The monoisotopic (exact) mass is 446 g/mol. The van der Waals surface area contributed by atoms with Crippen molar-refractivity contribution in [1.29, 1.82) is 0 Å². The summed E-state index contributed by atoms with van der Waals surface area (Å²) in [6, 6.07) is 16.8. The Morgan fingerprint density at radius 3 is 2.52 bits per heavy atom. The van der Waals surface area contributed by atoms with E-state index in [2.05, 4.69) is 22.1 Å². The fraction of sp³-hybridized carbons (Fsp3) is 0.269. The molecule has 0 bridgehead atoms. The molecule has 0 aliphatic heterocycles. The topological polar surface area (TPSA) is 86.8 Å². The van der Waals surface area contributed by atoms with Gasteiger partial charge in [0.05, 0.1) is 13.7 Å². The van der Waals surface area contributed by atoms with Crippen LogP contribution in [-0.4, -0.2) is 36.3 Å². The van der Waals surface area contributed by atoms with Gasteiger partial charge in [0, 0.05) is 10.9 Å². The lowest BCUT2D eigenvalue weighted by molar-refractivity contribution is 0.0533. The number of pyridine rings is 1. The number of ether oxygens (including phenoxy) is 3. The molecular formula is C26H26N2O5. The van der Waals surface area contributed by atoms with E-state index in [4.69, 9.17) is 14.2 Å². The second-order valence-corrected chi connectivity index (χ2v) is 8.13. The minimum absolute atomic E-state index is 0.0798. The van der Waals surface area contributed by atoms with E-state index < -0.39 is 17.7 Å². The van der Waals surface area contributed by atoms with E-state index in [9.17, 15) is 9.59 Å². The number of para-hydroxylation sites is 1. The maximum atomic E-state index is 12.2. The molecular weight excluding hydrogens is 420 g/mol. The first-order valence-electron chi connectivity index (χ1n) is 10.4. The molecule has 0 fully saturated rings. The first-order valence-corrected chi connectivity index (χ1v) is 10.4. The number of nitrogens with one attached hydrogen (secondary N) is 1. The van der Waals surface area contributed by atoms with Crippen molar-refractivity contribution in [2.45, 2.75) is 33.0 Å². The van der Waals surface area contributed by atoms with Crippen LogP contribution in [0.3, 0.4) is 0 Å². The van der Waals surface area contributed by atoms with Crippen LogP contribution in [0.25, 0.3) is 10.9 Å². The van der Waals surface area contributed by atoms with Crippen LogP contribution in [0.15, 0.2) is 54.6 Å². The van der Waals surface area contributed by atoms with E-state index in [1.54, 1.807) is 32.9 Å². The number of esters is 1. The van der Waals surface area contributed by atoms with Gasteiger partial charge in [-0.3, -0.25) is 0 Å². The number of methoxy groups -OCH3 is 1. The molecule has 0 spiro atoms. The molecule has 33 heavy (non-hydrogen) atoms. The zero-order valence-corrected chi connectivity index (χ0v) is 19.1. The Balaban J connectivity index is 1.89. The van der Waals surface area contributed by atoms with Gasteiger partial charge in [-0.1, -0.05) is 54.3 Å². The van der Waals surface area contributed by atoms with Gasteiger partial charge in [0.15, 0.2) is 0 Å². The van der Waals surface area contributed by atoms with Gasteiger partial charge in [0.1, 0.15) is 29.2 Å². The molecule has 1 aromatic heterocycles. The second kappa shape index (κ2) is 10.5. The highest BCUT2D eigenvalue weighted by atomic mass is 16.6. The summed E-state index contributed by atoms with van der Waals surface area (Å²) in [5.74, 6) is 5.84. The summed E-state index contributed by atoms with van der Waals surface area (Å²) in [5, 5.41) is 3.31. The summed E-state index contributed by atoms with van der Waals surface area (Å²) >= 11 is 0. The molecule has 3 aromatic rings. The van der Waals surface area contributed by atoms with Gasteiger partial charge < -0.3 is 19.5 Å². The van der Waals surface area contributed by atoms with Crippen LogP contribution in [0.1, 0.15) is 42.4 Å². The van der Waals surface area contributed by atoms with Crippen molar-refractivity contribution in [2.75, 3.05) is 13.7 Å². The molecule has 0 unspecified atom stereocenters. The van der Waals surface area contributed by atoms with Crippen LogP contribution in [0, 0.1) is 11.8 Å². The van der Waals surface area contributed by atoms with Crippen molar-refractivity contribution in [3.05, 3.63) is 71.4 Å². The average molecular weight is 447 g/mol. The maximum Gasteiger partial charge on any atom is 0.408 e. The minimum atomic E-state index is -0.593. The number of carbonyl (C=O) groups is 2. The van der Waals surface area contributed by atoms with Gasteiger partial charge in [-0.25, -0.2) is 14.6 Å². The number of rotatable bonds is 5.